The number of hydrogen-bond acceptors (Lipinski definition) is 8. The maximum Gasteiger partial charge on any atom is 0.255 e. The van der Waals surface area contributed by atoms with Crippen molar-refractivity contribution in [1.82, 2.24) is 14.0 Å². The Balaban J connectivity index is 1.27. The van der Waals surface area contributed by atoms with Gasteiger partial charge in [-0.1, -0.05) is 72.3 Å². The lowest BCUT2D eigenvalue weighted by Gasteiger charge is -2.21. The van der Waals surface area contributed by atoms with Crippen molar-refractivity contribution in [3.8, 4) is 0 Å². The summed E-state index contributed by atoms with van der Waals surface area (Å²) in [7, 11) is -8.08. The van der Waals surface area contributed by atoms with Crippen LogP contribution in [-0.4, -0.2) is 56.6 Å². The van der Waals surface area contributed by atoms with E-state index < -0.39 is 32.5 Å². The number of halogens is 1. The molecule has 0 saturated carbocycles. The molecule has 2 amide bonds. The summed E-state index contributed by atoms with van der Waals surface area (Å²) < 4.78 is 62.8. The van der Waals surface area contributed by atoms with Crippen molar-refractivity contribution < 1.29 is 30.8 Å². The second-order valence-electron chi connectivity index (χ2n) is 11.6. The maximum atomic E-state index is 13.7. The van der Waals surface area contributed by atoms with Crippen molar-refractivity contribution in [2.75, 3.05) is 18.4 Å². The number of rotatable bonds is 16. The van der Waals surface area contributed by atoms with Crippen LogP contribution in [0.3, 0.4) is 0 Å². The van der Waals surface area contributed by atoms with Crippen LogP contribution in [0.1, 0.15) is 29.6 Å². The van der Waals surface area contributed by atoms with E-state index >= 15 is 0 Å². The lowest BCUT2D eigenvalue weighted by atomic mass is 10.1. The summed E-state index contributed by atoms with van der Waals surface area (Å²) in [6.45, 7) is 0.811. The Bertz CT molecular complexity index is 2210. The monoisotopic (exact) mass is 761 g/mol. The van der Waals surface area contributed by atoms with E-state index in [2.05, 4.69) is 15.8 Å². The minimum absolute atomic E-state index is 0.0108. The number of carbonyl (C=O) groups excluding carboxylic acids is 2. The second kappa shape index (κ2) is 17.4. The van der Waals surface area contributed by atoms with Gasteiger partial charge in [0.1, 0.15) is 11.5 Å². The fourth-order valence-corrected chi connectivity index (χ4v) is 8.02. The lowest BCUT2D eigenvalue weighted by Crippen LogP contribution is -2.40. The Morgan fingerprint density at radius 2 is 1.31 bits per heavy atom. The van der Waals surface area contributed by atoms with Gasteiger partial charge in [-0.3, -0.25) is 9.59 Å². The van der Waals surface area contributed by atoms with Crippen molar-refractivity contribution in [3.05, 3.63) is 149 Å². The number of amides is 2. The number of carbonyl (C=O) groups is 2. The number of hydrogen-bond donors (Lipinski definition) is 2. The van der Waals surface area contributed by atoms with Crippen molar-refractivity contribution in [2.24, 2.45) is 5.10 Å². The van der Waals surface area contributed by atoms with Crippen LogP contribution in [-0.2, 0) is 49.1 Å². The van der Waals surface area contributed by atoms with Gasteiger partial charge in [0.2, 0.25) is 26.0 Å². The molecule has 270 valence electrons. The van der Waals surface area contributed by atoms with Gasteiger partial charge in [-0.15, -0.1) is 0 Å². The fraction of sp³-hybridized carbons (Fsp3) is 0.162. The van der Waals surface area contributed by atoms with Crippen molar-refractivity contribution in [3.63, 3.8) is 0 Å². The molecule has 5 rings (SSSR count). The normalized spacial score (nSPS) is 12.0. The molecule has 15 heteroatoms. The van der Waals surface area contributed by atoms with E-state index in [-0.39, 0.29) is 41.1 Å². The molecule has 1 aromatic heterocycles. The molecule has 0 bridgehead atoms. The third kappa shape index (κ3) is 10.5. The first kappa shape index (κ1) is 38.1. The predicted octanol–water partition coefficient (Wildman–Crippen LogP) is 5.67. The van der Waals surface area contributed by atoms with Gasteiger partial charge in [0.15, 0.2) is 0 Å². The van der Waals surface area contributed by atoms with E-state index in [1.165, 1.54) is 66.0 Å². The Kier molecular flexibility index (Phi) is 12.8. The molecule has 0 spiro atoms. The molecule has 4 aromatic carbocycles. The van der Waals surface area contributed by atoms with Crippen LogP contribution >= 0.6 is 11.6 Å². The van der Waals surface area contributed by atoms with Crippen molar-refractivity contribution in [2.45, 2.75) is 36.2 Å². The molecule has 0 atom stereocenters. The van der Waals surface area contributed by atoms with Crippen LogP contribution in [0.2, 0.25) is 5.02 Å². The molecule has 12 nitrogen and oxygen atoms in total. The van der Waals surface area contributed by atoms with Gasteiger partial charge in [-0.25, -0.2) is 22.3 Å². The summed E-state index contributed by atoms with van der Waals surface area (Å²) in [5.41, 5.74) is 4.44. The van der Waals surface area contributed by atoms with Crippen LogP contribution in [0.15, 0.2) is 141 Å². The van der Waals surface area contributed by atoms with E-state index in [9.17, 15) is 26.4 Å². The van der Waals surface area contributed by atoms with Gasteiger partial charge in [-0.2, -0.15) is 13.7 Å². The maximum absolute atomic E-state index is 13.7. The first-order valence-electron chi connectivity index (χ1n) is 16.0. The van der Waals surface area contributed by atoms with Gasteiger partial charge < -0.3 is 9.73 Å². The fourth-order valence-electron chi connectivity index (χ4n) is 5.10. The molecular weight excluding hydrogens is 726 g/mol. The van der Waals surface area contributed by atoms with Gasteiger partial charge in [0.25, 0.3) is 5.91 Å². The number of nitrogens with one attached hydrogen (secondary N) is 2. The lowest BCUT2D eigenvalue weighted by molar-refractivity contribution is -0.121. The van der Waals surface area contributed by atoms with E-state index in [0.29, 0.717) is 22.9 Å². The zero-order valence-corrected chi connectivity index (χ0v) is 30.4. The van der Waals surface area contributed by atoms with Gasteiger partial charge >= 0.3 is 0 Å². The molecule has 0 saturated heterocycles. The van der Waals surface area contributed by atoms with E-state index in [1.807, 2.05) is 60.7 Å². The van der Waals surface area contributed by atoms with Crippen LogP contribution < -0.4 is 10.7 Å². The van der Waals surface area contributed by atoms with Crippen LogP contribution in [0.25, 0.3) is 0 Å². The van der Waals surface area contributed by atoms with Crippen molar-refractivity contribution >= 4 is 55.4 Å². The minimum atomic E-state index is -4.12. The van der Waals surface area contributed by atoms with E-state index in [4.69, 9.17) is 16.0 Å². The highest BCUT2D eigenvalue weighted by atomic mass is 35.5. The molecule has 0 fully saturated rings. The molecule has 0 unspecified atom stereocenters. The molecular formula is C37H36ClN5O7S2. The van der Waals surface area contributed by atoms with Gasteiger partial charge in [0.05, 0.1) is 29.1 Å². The van der Waals surface area contributed by atoms with Crippen LogP contribution in [0, 0.1) is 0 Å². The number of furan rings is 1. The zero-order valence-electron chi connectivity index (χ0n) is 28.1. The Morgan fingerprint density at radius 3 is 1.92 bits per heavy atom. The first-order chi connectivity index (χ1) is 24.9. The Morgan fingerprint density at radius 1 is 0.731 bits per heavy atom. The molecule has 2 N–H and O–H groups in total. The Labute approximate surface area is 307 Å². The number of anilines is 1. The standard InChI is InChI=1S/C37H36ClN5O7S2/c1-28(44)40-32-14-20-36(21-15-32)51(46,47)42(23-22-29-8-4-2-5-9-29)27-37(45)41-39-24-33-16-17-34(50-33)26-43(25-30-10-6-3-7-11-30)52(48,49)35-18-12-31(38)13-19-35/h2-21,24H,22-23,25-27H2,1H3,(H,40,44)(H,41,45)/b39-24-. The third-order valence-corrected chi connectivity index (χ3v) is 11.6. The average molecular weight is 762 g/mol. The molecule has 0 aliphatic rings. The highest BCUT2D eigenvalue weighted by Crippen LogP contribution is 2.24. The largest absolute Gasteiger partial charge is 0.459 e. The summed E-state index contributed by atoms with van der Waals surface area (Å²) in [5.74, 6) is -0.441. The molecule has 5 aromatic rings. The van der Waals surface area contributed by atoms with Crippen LogP contribution in [0.5, 0.6) is 0 Å². The first-order valence-corrected chi connectivity index (χ1v) is 19.3. The SMILES string of the molecule is CC(=O)Nc1ccc(S(=O)(=O)N(CCc2ccccc2)CC(=O)N/N=C\c2ccc(CN(Cc3ccccc3)S(=O)(=O)c3ccc(Cl)cc3)o2)cc1. The van der Waals surface area contributed by atoms with Gasteiger partial charge in [-0.05, 0) is 78.2 Å². The van der Waals surface area contributed by atoms with Crippen molar-refractivity contribution in [1.29, 1.82) is 0 Å². The van der Waals surface area contributed by atoms with Crippen LogP contribution in [0.4, 0.5) is 5.69 Å². The summed E-state index contributed by atoms with van der Waals surface area (Å²) in [5, 5.41) is 6.95. The number of nitrogens with zero attached hydrogens (tertiary/aromatic N) is 3. The van der Waals surface area contributed by atoms with E-state index in [1.54, 1.807) is 12.1 Å². The minimum Gasteiger partial charge on any atom is -0.459 e. The highest BCUT2D eigenvalue weighted by molar-refractivity contribution is 7.89. The molecule has 52 heavy (non-hydrogen) atoms. The highest BCUT2D eigenvalue weighted by Gasteiger charge is 2.28. The van der Waals surface area contributed by atoms with E-state index in [0.717, 1.165) is 15.4 Å². The molecule has 0 aliphatic heterocycles. The number of sulfonamides is 2. The molecule has 0 radical (unpaired) electrons. The summed E-state index contributed by atoms with van der Waals surface area (Å²) in [6, 6.07) is 33.1. The zero-order chi connectivity index (χ0) is 37.1. The predicted molar refractivity (Wildman–Crippen MR) is 198 cm³/mol. The number of hydrazone groups is 1. The third-order valence-electron chi connectivity index (χ3n) is 7.67. The topological polar surface area (TPSA) is 158 Å². The summed E-state index contributed by atoms with van der Waals surface area (Å²) >= 11 is 5.99. The smallest absolute Gasteiger partial charge is 0.255 e. The quantitative estimate of drug-likeness (QED) is 0.0970. The molecule has 0 aliphatic carbocycles. The number of benzene rings is 4. The Hall–Kier alpha value is -5.12. The molecule has 1 heterocycles. The second-order valence-corrected chi connectivity index (χ2v) is 15.9. The van der Waals surface area contributed by atoms with Gasteiger partial charge in [0, 0.05) is 30.7 Å². The average Bonchev–Trinajstić information content (AvgIpc) is 3.57. The summed E-state index contributed by atoms with van der Waals surface area (Å²) in [6.07, 6.45) is 1.59. The summed E-state index contributed by atoms with van der Waals surface area (Å²) in [4.78, 5) is 24.4.